The lowest BCUT2D eigenvalue weighted by Crippen LogP contribution is -2.39. The molecule has 0 saturated heterocycles. The van der Waals surface area contributed by atoms with Crippen LogP contribution in [0.15, 0.2) is 60.8 Å². The van der Waals surface area contributed by atoms with Crippen LogP contribution < -0.4 is 5.32 Å². The average Bonchev–Trinajstić information content (AvgIpc) is 2.77. The summed E-state index contributed by atoms with van der Waals surface area (Å²) in [4.78, 5) is 39.4. The van der Waals surface area contributed by atoms with Crippen molar-refractivity contribution in [3.8, 4) is 0 Å². The summed E-state index contributed by atoms with van der Waals surface area (Å²) in [5.41, 5.74) is 2.86. The molecule has 3 N–H and O–H groups in total. The molecule has 0 aliphatic rings. The largest absolute Gasteiger partial charge is 0.481 e. The molecule has 3 rings (SSSR count). The standard InChI is InChI=1S/C25H25ClN2O5/c1-15(28-22(29)13-19(25(32)33)14-23(30)31)21(16-7-9-20(26)10-8-16)12-18-5-2-4-17-6-3-11-27-24(17)18/h2-11,15,19,21H,12-14H2,1H3,(H,28,29)(H,30,31)(H,32,33). The van der Waals surface area contributed by atoms with Gasteiger partial charge in [0.1, 0.15) is 0 Å². The number of aliphatic carboxylic acids is 2. The molecule has 8 heteroatoms. The van der Waals surface area contributed by atoms with Gasteiger partial charge in [-0.2, -0.15) is 0 Å². The molecule has 0 fully saturated rings. The number of hydrogen-bond donors (Lipinski definition) is 3. The Morgan fingerprint density at radius 2 is 1.70 bits per heavy atom. The van der Waals surface area contributed by atoms with Crippen molar-refractivity contribution in [3.63, 3.8) is 0 Å². The van der Waals surface area contributed by atoms with Gasteiger partial charge in [-0.15, -0.1) is 0 Å². The summed E-state index contributed by atoms with van der Waals surface area (Å²) in [6, 6.07) is 16.8. The molecule has 1 amide bonds. The lowest BCUT2D eigenvalue weighted by atomic mass is 9.85. The number of carboxylic acid groups (broad SMARTS) is 2. The number of aromatic nitrogens is 1. The van der Waals surface area contributed by atoms with Crippen LogP contribution in [0.3, 0.4) is 0 Å². The number of nitrogens with zero attached hydrogens (tertiary/aromatic N) is 1. The Morgan fingerprint density at radius 3 is 2.36 bits per heavy atom. The highest BCUT2D eigenvalue weighted by atomic mass is 35.5. The van der Waals surface area contributed by atoms with Gasteiger partial charge in [0.15, 0.2) is 0 Å². The fourth-order valence-corrected chi connectivity index (χ4v) is 4.08. The molecule has 0 aliphatic carbocycles. The van der Waals surface area contributed by atoms with Crippen molar-refractivity contribution < 1.29 is 24.6 Å². The van der Waals surface area contributed by atoms with E-state index in [0.29, 0.717) is 11.4 Å². The normalized spacial score (nSPS) is 13.8. The van der Waals surface area contributed by atoms with Crippen LogP contribution in [0.25, 0.3) is 10.9 Å². The number of rotatable bonds is 10. The zero-order valence-electron chi connectivity index (χ0n) is 18.1. The second kappa shape index (κ2) is 10.9. The number of carbonyl (C=O) groups excluding carboxylic acids is 1. The molecule has 3 aromatic rings. The van der Waals surface area contributed by atoms with Gasteiger partial charge in [0.25, 0.3) is 0 Å². The fourth-order valence-electron chi connectivity index (χ4n) is 3.96. The summed E-state index contributed by atoms with van der Waals surface area (Å²) >= 11 is 6.06. The summed E-state index contributed by atoms with van der Waals surface area (Å²) in [6.45, 7) is 1.85. The Labute approximate surface area is 196 Å². The molecule has 0 aliphatic heterocycles. The molecule has 0 spiro atoms. The van der Waals surface area contributed by atoms with E-state index in [1.54, 1.807) is 18.3 Å². The van der Waals surface area contributed by atoms with Crippen molar-refractivity contribution in [1.29, 1.82) is 0 Å². The third kappa shape index (κ3) is 6.52. The van der Waals surface area contributed by atoms with Crippen LogP contribution in [0, 0.1) is 5.92 Å². The first kappa shape index (κ1) is 24.2. The molecule has 2 aromatic carbocycles. The smallest absolute Gasteiger partial charge is 0.307 e. The number of carbonyl (C=O) groups is 3. The Bertz CT molecular complexity index is 1140. The summed E-state index contributed by atoms with van der Waals surface area (Å²) < 4.78 is 0. The van der Waals surface area contributed by atoms with Gasteiger partial charge in [-0.3, -0.25) is 19.4 Å². The minimum Gasteiger partial charge on any atom is -0.481 e. The summed E-state index contributed by atoms with van der Waals surface area (Å²) in [7, 11) is 0. The number of pyridine rings is 1. The predicted octanol–water partition coefficient (Wildman–Crippen LogP) is 4.28. The van der Waals surface area contributed by atoms with E-state index in [4.69, 9.17) is 16.7 Å². The predicted molar refractivity (Wildman–Crippen MR) is 125 cm³/mol. The average molecular weight is 469 g/mol. The lowest BCUT2D eigenvalue weighted by Gasteiger charge is -2.26. The minimum absolute atomic E-state index is 0.151. The maximum Gasteiger partial charge on any atom is 0.307 e. The second-order valence-corrected chi connectivity index (χ2v) is 8.48. The van der Waals surface area contributed by atoms with E-state index in [1.165, 1.54) is 0 Å². The number of benzene rings is 2. The van der Waals surface area contributed by atoms with Gasteiger partial charge >= 0.3 is 11.9 Å². The monoisotopic (exact) mass is 468 g/mol. The van der Waals surface area contributed by atoms with Crippen molar-refractivity contribution in [1.82, 2.24) is 10.3 Å². The lowest BCUT2D eigenvalue weighted by molar-refractivity contribution is -0.149. The Morgan fingerprint density at radius 1 is 1.00 bits per heavy atom. The molecular formula is C25H25ClN2O5. The van der Waals surface area contributed by atoms with Crippen molar-refractivity contribution in [2.75, 3.05) is 0 Å². The number of nitrogens with one attached hydrogen (secondary N) is 1. The molecule has 0 bridgehead atoms. The number of carboxylic acids is 2. The molecule has 7 nitrogen and oxygen atoms in total. The van der Waals surface area contributed by atoms with Crippen LogP contribution in [-0.4, -0.2) is 39.1 Å². The molecule has 0 saturated carbocycles. The number of hydrogen-bond acceptors (Lipinski definition) is 4. The van der Waals surface area contributed by atoms with Crippen LogP contribution in [-0.2, 0) is 20.8 Å². The van der Waals surface area contributed by atoms with Crippen LogP contribution in [0.5, 0.6) is 0 Å². The maximum atomic E-state index is 12.6. The van der Waals surface area contributed by atoms with Gasteiger partial charge in [-0.05, 0) is 42.7 Å². The van der Waals surface area contributed by atoms with E-state index in [0.717, 1.165) is 22.0 Å². The molecular weight excluding hydrogens is 444 g/mol. The second-order valence-electron chi connectivity index (χ2n) is 8.05. The highest BCUT2D eigenvalue weighted by molar-refractivity contribution is 6.30. The van der Waals surface area contributed by atoms with Gasteiger partial charge in [0, 0.05) is 35.0 Å². The van der Waals surface area contributed by atoms with Crippen molar-refractivity contribution in [2.45, 2.75) is 38.1 Å². The molecule has 0 radical (unpaired) electrons. The first-order valence-electron chi connectivity index (χ1n) is 10.6. The van der Waals surface area contributed by atoms with Gasteiger partial charge in [-0.1, -0.05) is 48.0 Å². The Kier molecular flexibility index (Phi) is 8.01. The summed E-state index contributed by atoms with van der Waals surface area (Å²) in [5, 5.41) is 22.7. The number of amides is 1. The fraction of sp³-hybridized carbons (Fsp3) is 0.280. The zero-order valence-corrected chi connectivity index (χ0v) is 18.8. The first-order chi connectivity index (χ1) is 15.7. The van der Waals surface area contributed by atoms with Crippen molar-refractivity contribution in [3.05, 3.63) is 76.9 Å². The SMILES string of the molecule is CC(NC(=O)CC(CC(=O)O)C(=O)O)C(Cc1cccc2cccnc12)c1ccc(Cl)cc1. The maximum absolute atomic E-state index is 12.6. The van der Waals surface area contributed by atoms with Crippen LogP contribution in [0.1, 0.15) is 36.8 Å². The number of fused-ring (bicyclic) bond motifs is 1. The molecule has 172 valence electrons. The molecule has 3 atom stereocenters. The number of halogens is 1. The van der Waals surface area contributed by atoms with Gasteiger partial charge in [0.05, 0.1) is 17.9 Å². The van der Waals surface area contributed by atoms with E-state index < -0.39 is 36.6 Å². The zero-order chi connectivity index (χ0) is 24.0. The van der Waals surface area contributed by atoms with E-state index in [1.807, 2.05) is 49.4 Å². The highest BCUT2D eigenvalue weighted by Gasteiger charge is 2.27. The third-order valence-electron chi connectivity index (χ3n) is 5.65. The quantitative estimate of drug-likeness (QED) is 0.408. The number of para-hydroxylation sites is 1. The first-order valence-corrected chi connectivity index (χ1v) is 10.9. The van der Waals surface area contributed by atoms with Crippen molar-refractivity contribution in [2.24, 2.45) is 5.92 Å². The highest BCUT2D eigenvalue weighted by Crippen LogP contribution is 2.29. The molecule has 3 unspecified atom stereocenters. The Balaban J connectivity index is 1.84. The van der Waals surface area contributed by atoms with Gasteiger partial charge < -0.3 is 15.5 Å². The minimum atomic E-state index is -1.31. The summed E-state index contributed by atoms with van der Waals surface area (Å²) in [6.07, 6.45) is 1.30. The Hall–Kier alpha value is -3.45. The van der Waals surface area contributed by atoms with Crippen molar-refractivity contribution >= 4 is 40.3 Å². The molecule has 33 heavy (non-hydrogen) atoms. The molecule has 1 heterocycles. The third-order valence-corrected chi connectivity index (χ3v) is 5.90. The summed E-state index contributed by atoms with van der Waals surface area (Å²) in [5.74, 6) is -4.51. The van der Waals surface area contributed by atoms with Gasteiger partial charge in [0.2, 0.25) is 5.91 Å². The van der Waals surface area contributed by atoms with Crippen LogP contribution in [0.2, 0.25) is 5.02 Å². The molecule has 1 aromatic heterocycles. The van der Waals surface area contributed by atoms with Gasteiger partial charge in [-0.25, -0.2) is 0 Å². The van der Waals surface area contributed by atoms with Crippen LogP contribution in [0.4, 0.5) is 0 Å². The van der Waals surface area contributed by atoms with Crippen LogP contribution >= 0.6 is 11.6 Å². The van der Waals surface area contributed by atoms with E-state index >= 15 is 0 Å². The van der Waals surface area contributed by atoms with E-state index in [-0.39, 0.29) is 12.0 Å². The van der Waals surface area contributed by atoms with E-state index in [2.05, 4.69) is 10.3 Å². The topological polar surface area (TPSA) is 117 Å². The van der Waals surface area contributed by atoms with E-state index in [9.17, 15) is 19.5 Å².